The van der Waals surface area contributed by atoms with Gasteiger partial charge in [0.15, 0.2) is 0 Å². The third-order valence-electron chi connectivity index (χ3n) is 4.86. The van der Waals surface area contributed by atoms with Gasteiger partial charge in [0.25, 0.3) is 0 Å². The quantitative estimate of drug-likeness (QED) is 0.709. The second-order valence-corrected chi connectivity index (χ2v) is 8.35. The van der Waals surface area contributed by atoms with Gasteiger partial charge in [0.2, 0.25) is 0 Å². The van der Waals surface area contributed by atoms with Gasteiger partial charge in [-0.25, -0.2) is 8.42 Å². The van der Waals surface area contributed by atoms with E-state index < -0.39 is 15.9 Å². The molecule has 1 fully saturated rings. The van der Waals surface area contributed by atoms with Crippen LogP contribution in [0, 0.1) is 0 Å². The molecule has 0 bridgehead atoms. The minimum Gasteiger partial charge on any atom is -0.391 e. The van der Waals surface area contributed by atoms with Crippen molar-refractivity contribution in [3.05, 3.63) is 0 Å². The summed E-state index contributed by atoms with van der Waals surface area (Å²) < 4.78 is 23.1. The average molecular weight is 305 g/mol. The fourth-order valence-corrected chi connectivity index (χ4v) is 4.51. The molecule has 1 unspecified atom stereocenters. The van der Waals surface area contributed by atoms with E-state index >= 15 is 0 Å². The van der Waals surface area contributed by atoms with Crippen molar-refractivity contribution in [3.63, 3.8) is 0 Å². The number of aliphatic hydroxyl groups excluding tert-OH is 1. The summed E-state index contributed by atoms with van der Waals surface area (Å²) in [5, 5.41) is 10.7. The molecule has 1 N–H and O–H groups in total. The maximum Gasteiger partial charge on any atom is 0.150 e. The van der Waals surface area contributed by atoms with Crippen molar-refractivity contribution in [2.45, 2.75) is 70.9 Å². The molecular formula is C15H31NO3S. The Hall–Kier alpha value is -0.130. The Balaban J connectivity index is 2.64. The molecule has 1 rings (SSSR count). The zero-order chi connectivity index (χ0) is 15.2. The van der Waals surface area contributed by atoms with Crippen LogP contribution < -0.4 is 0 Å². The van der Waals surface area contributed by atoms with Gasteiger partial charge >= 0.3 is 0 Å². The van der Waals surface area contributed by atoms with Crippen LogP contribution in [0.1, 0.15) is 59.3 Å². The van der Waals surface area contributed by atoms with Gasteiger partial charge in [0, 0.05) is 11.3 Å². The zero-order valence-electron chi connectivity index (χ0n) is 13.3. The highest BCUT2D eigenvalue weighted by atomic mass is 32.2. The van der Waals surface area contributed by atoms with Gasteiger partial charge in [0.1, 0.15) is 9.84 Å². The number of nitrogens with zero attached hydrogens (tertiary/aromatic N) is 1. The fourth-order valence-electron chi connectivity index (χ4n) is 3.61. The van der Waals surface area contributed by atoms with Crippen LogP contribution >= 0.6 is 0 Å². The monoisotopic (exact) mass is 305 g/mol. The van der Waals surface area contributed by atoms with Crippen molar-refractivity contribution in [1.29, 1.82) is 0 Å². The summed E-state index contributed by atoms with van der Waals surface area (Å²) in [6.45, 7) is 7.84. The molecule has 0 aromatic carbocycles. The summed E-state index contributed by atoms with van der Waals surface area (Å²) in [5.41, 5.74) is -0.112. The standard InChI is InChI=1S/C15H31NO3S/c1-4-16(5-2)15(11-7-8-12-15)14(17)10-9-13-20(18,19)6-3/h14,17H,4-13H2,1-3H3. The van der Waals surface area contributed by atoms with Crippen molar-refractivity contribution in [1.82, 2.24) is 4.90 Å². The first kappa shape index (κ1) is 17.9. The molecule has 4 nitrogen and oxygen atoms in total. The second kappa shape index (κ2) is 7.76. The van der Waals surface area contributed by atoms with E-state index in [0.29, 0.717) is 12.8 Å². The lowest BCUT2D eigenvalue weighted by Gasteiger charge is -2.44. The normalized spacial score (nSPS) is 20.4. The summed E-state index contributed by atoms with van der Waals surface area (Å²) in [4.78, 5) is 2.37. The first-order chi connectivity index (χ1) is 9.41. The van der Waals surface area contributed by atoms with Gasteiger partial charge in [-0.2, -0.15) is 0 Å². The van der Waals surface area contributed by atoms with Gasteiger partial charge in [-0.05, 0) is 38.8 Å². The Morgan fingerprint density at radius 1 is 1.15 bits per heavy atom. The molecule has 1 aliphatic carbocycles. The zero-order valence-corrected chi connectivity index (χ0v) is 14.1. The third kappa shape index (κ3) is 4.18. The molecule has 20 heavy (non-hydrogen) atoms. The topological polar surface area (TPSA) is 57.6 Å². The molecule has 120 valence electrons. The van der Waals surface area contributed by atoms with E-state index in [9.17, 15) is 13.5 Å². The van der Waals surface area contributed by atoms with E-state index in [2.05, 4.69) is 18.7 Å². The van der Waals surface area contributed by atoms with E-state index in [0.717, 1.165) is 25.9 Å². The van der Waals surface area contributed by atoms with Gasteiger partial charge in [-0.1, -0.05) is 33.6 Å². The Morgan fingerprint density at radius 3 is 2.15 bits per heavy atom. The van der Waals surface area contributed by atoms with Crippen LogP contribution in [-0.2, 0) is 9.84 Å². The van der Waals surface area contributed by atoms with Gasteiger partial charge in [-0.3, -0.25) is 4.90 Å². The summed E-state index contributed by atoms with van der Waals surface area (Å²) in [6.07, 6.45) is 5.17. The summed E-state index contributed by atoms with van der Waals surface area (Å²) in [5.74, 6) is 0.402. The molecule has 1 atom stereocenters. The van der Waals surface area contributed by atoms with Crippen molar-refractivity contribution < 1.29 is 13.5 Å². The fraction of sp³-hybridized carbons (Fsp3) is 1.00. The molecular weight excluding hydrogens is 274 g/mol. The molecule has 0 saturated heterocycles. The van der Waals surface area contributed by atoms with Gasteiger partial charge < -0.3 is 5.11 Å². The smallest absolute Gasteiger partial charge is 0.150 e. The minimum absolute atomic E-state index is 0.112. The second-order valence-electron chi connectivity index (χ2n) is 5.88. The molecule has 0 aliphatic heterocycles. The van der Waals surface area contributed by atoms with Crippen LogP contribution in [-0.4, -0.2) is 54.7 Å². The molecule has 5 heteroatoms. The molecule has 0 spiro atoms. The lowest BCUT2D eigenvalue weighted by atomic mass is 9.85. The van der Waals surface area contributed by atoms with E-state index in [1.54, 1.807) is 6.92 Å². The molecule has 0 aromatic heterocycles. The predicted octanol–water partition coefficient (Wildman–Crippen LogP) is 2.22. The van der Waals surface area contributed by atoms with E-state index in [1.807, 2.05) is 0 Å². The van der Waals surface area contributed by atoms with Crippen molar-refractivity contribution in [3.8, 4) is 0 Å². The maximum atomic E-state index is 11.5. The molecule has 0 aromatic rings. The van der Waals surface area contributed by atoms with Crippen LogP contribution in [0.5, 0.6) is 0 Å². The number of aliphatic hydroxyl groups is 1. The van der Waals surface area contributed by atoms with Crippen molar-refractivity contribution in [2.75, 3.05) is 24.6 Å². The van der Waals surface area contributed by atoms with Crippen LogP contribution in [0.3, 0.4) is 0 Å². The predicted molar refractivity (Wildman–Crippen MR) is 83.7 cm³/mol. The number of hydrogen-bond donors (Lipinski definition) is 1. The molecule has 0 heterocycles. The van der Waals surface area contributed by atoms with Crippen LogP contribution in [0.4, 0.5) is 0 Å². The summed E-state index contributed by atoms with van der Waals surface area (Å²) >= 11 is 0. The highest BCUT2D eigenvalue weighted by Gasteiger charge is 2.43. The Bertz CT molecular complexity index is 371. The highest BCUT2D eigenvalue weighted by Crippen LogP contribution is 2.39. The minimum atomic E-state index is -2.91. The lowest BCUT2D eigenvalue weighted by Crippen LogP contribution is -2.55. The maximum absolute atomic E-state index is 11.5. The largest absolute Gasteiger partial charge is 0.391 e. The van der Waals surface area contributed by atoms with E-state index in [1.165, 1.54) is 12.8 Å². The Labute approximate surface area is 124 Å². The van der Waals surface area contributed by atoms with Crippen molar-refractivity contribution in [2.24, 2.45) is 0 Å². The van der Waals surface area contributed by atoms with Crippen LogP contribution in [0.15, 0.2) is 0 Å². The third-order valence-corrected chi connectivity index (χ3v) is 6.65. The van der Waals surface area contributed by atoms with E-state index in [-0.39, 0.29) is 17.0 Å². The van der Waals surface area contributed by atoms with Crippen LogP contribution in [0.25, 0.3) is 0 Å². The Kier molecular flexibility index (Phi) is 6.95. The summed E-state index contributed by atoms with van der Waals surface area (Å²) in [7, 11) is -2.91. The molecule has 0 radical (unpaired) electrons. The molecule has 0 amide bonds. The van der Waals surface area contributed by atoms with E-state index in [4.69, 9.17) is 0 Å². The van der Waals surface area contributed by atoms with Crippen LogP contribution in [0.2, 0.25) is 0 Å². The molecule has 1 aliphatic rings. The number of hydrogen-bond acceptors (Lipinski definition) is 4. The highest BCUT2D eigenvalue weighted by molar-refractivity contribution is 7.91. The van der Waals surface area contributed by atoms with Gasteiger partial charge in [-0.15, -0.1) is 0 Å². The SMILES string of the molecule is CCN(CC)C1(C(O)CCCS(=O)(=O)CC)CCCC1. The Morgan fingerprint density at radius 2 is 1.70 bits per heavy atom. The number of sulfone groups is 1. The number of rotatable bonds is 9. The first-order valence-corrected chi connectivity index (χ1v) is 9.87. The van der Waals surface area contributed by atoms with Crippen molar-refractivity contribution >= 4 is 9.84 Å². The number of likely N-dealkylation sites (N-methyl/N-ethyl adjacent to an activating group) is 1. The summed E-state index contributed by atoms with van der Waals surface area (Å²) in [6, 6.07) is 0. The van der Waals surface area contributed by atoms with Gasteiger partial charge in [0.05, 0.1) is 11.9 Å². The first-order valence-electron chi connectivity index (χ1n) is 8.05. The lowest BCUT2D eigenvalue weighted by molar-refractivity contribution is -0.0291. The average Bonchev–Trinajstić information content (AvgIpc) is 2.90. The molecule has 1 saturated carbocycles.